The summed E-state index contributed by atoms with van der Waals surface area (Å²) >= 11 is 0. The standard InChI is InChI=1S/C4H7N2/c1-4-2-3-5-6-4/h5-6H,3H2,1H3. The Balaban J connectivity index is 2.45. The maximum Gasteiger partial charge on any atom is 0.0420 e. The lowest BCUT2D eigenvalue weighted by atomic mass is 10.5. The minimum absolute atomic E-state index is 0.839. The molecule has 1 heterocycles. The molecule has 0 aromatic rings. The molecule has 1 aliphatic rings. The molecule has 0 spiro atoms. The fourth-order valence-corrected chi connectivity index (χ4v) is 0.398. The summed E-state index contributed by atoms with van der Waals surface area (Å²) in [6.07, 6.45) is 3.01. The Morgan fingerprint density at radius 3 is 2.83 bits per heavy atom. The van der Waals surface area contributed by atoms with Crippen LogP contribution in [0.25, 0.3) is 0 Å². The minimum atomic E-state index is 0.839. The predicted octanol–water partition coefficient (Wildman–Crippen LogP) is -0.199. The third-order valence-electron chi connectivity index (χ3n) is 0.718. The Morgan fingerprint density at radius 1 is 1.83 bits per heavy atom. The summed E-state index contributed by atoms with van der Waals surface area (Å²) in [4.78, 5) is 0. The van der Waals surface area contributed by atoms with Crippen LogP contribution in [0.2, 0.25) is 0 Å². The molecule has 2 N–H and O–H groups in total. The highest BCUT2D eigenvalue weighted by molar-refractivity contribution is 4.93. The zero-order chi connectivity index (χ0) is 4.41. The highest BCUT2D eigenvalue weighted by Crippen LogP contribution is 1.84. The lowest BCUT2D eigenvalue weighted by Crippen LogP contribution is -2.22. The zero-order valence-corrected chi connectivity index (χ0v) is 3.71. The molecule has 0 atom stereocenters. The smallest absolute Gasteiger partial charge is 0.0420 e. The van der Waals surface area contributed by atoms with Crippen LogP contribution in [0.4, 0.5) is 0 Å². The van der Waals surface area contributed by atoms with E-state index in [4.69, 9.17) is 0 Å². The molecule has 1 aliphatic heterocycles. The topological polar surface area (TPSA) is 24.1 Å². The molecule has 0 saturated carbocycles. The predicted molar refractivity (Wildman–Crippen MR) is 23.6 cm³/mol. The van der Waals surface area contributed by atoms with Crippen molar-refractivity contribution in [3.63, 3.8) is 0 Å². The van der Waals surface area contributed by atoms with E-state index in [0.29, 0.717) is 0 Å². The van der Waals surface area contributed by atoms with Crippen molar-refractivity contribution >= 4 is 0 Å². The van der Waals surface area contributed by atoms with Crippen LogP contribution in [0.3, 0.4) is 0 Å². The quantitative estimate of drug-likeness (QED) is 0.424. The minimum Gasteiger partial charge on any atom is -0.325 e. The molecule has 0 amide bonds. The van der Waals surface area contributed by atoms with Crippen molar-refractivity contribution in [1.29, 1.82) is 0 Å². The van der Waals surface area contributed by atoms with E-state index in [0.717, 1.165) is 12.2 Å². The van der Waals surface area contributed by atoms with Crippen molar-refractivity contribution < 1.29 is 0 Å². The van der Waals surface area contributed by atoms with Gasteiger partial charge in [-0.25, -0.2) is 5.43 Å². The van der Waals surface area contributed by atoms with Crippen LogP contribution in [0, 0.1) is 6.08 Å². The molecule has 0 aromatic carbocycles. The van der Waals surface area contributed by atoms with Crippen molar-refractivity contribution in [2.45, 2.75) is 6.92 Å². The van der Waals surface area contributed by atoms with Crippen LogP contribution in [0.1, 0.15) is 6.92 Å². The molecule has 0 bridgehead atoms. The van der Waals surface area contributed by atoms with Gasteiger partial charge in [-0.3, -0.25) is 0 Å². The largest absolute Gasteiger partial charge is 0.325 e. The Hall–Kier alpha value is -0.500. The van der Waals surface area contributed by atoms with E-state index in [2.05, 4.69) is 16.9 Å². The van der Waals surface area contributed by atoms with Gasteiger partial charge in [-0.1, -0.05) is 0 Å². The van der Waals surface area contributed by atoms with E-state index in [1.807, 2.05) is 6.92 Å². The number of hydrogen-bond donors (Lipinski definition) is 2. The molecule has 0 saturated heterocycles. The van der Waals surface area contributed by atoms with Crippen LogP contribution in [-0.2, 0) is 0 Å². The van der Waals surface area contributed by atoms with Crippen molar-refractivity contribution in [3.8, 4) is 0 Å². The number of rotatable bonds is 0. The molecule has 0 unspecified atom stereocenters. The lowest BCUT2D eigenvalue weighted by Gasteiger charge is -1.90. The van der Waals surface area contributed by atoms with Crippen LogP contribution >= 0.6 is 0 Å². The van der Waals surface area contributed by atoms with E-state index >= 15 is 0 Å². The SMILES string of the molecule is CC1=[C]CNN1. The zero-order valence-electron chi connectivity index (χ0n) is 3.71. The van der Waals surface area contributed by atoms with E-state index in [-0.39, 0.29) is 0 Å². The number of nitrogens with one attached hydrogen (secondary N) is 2. The van der Waals surface area contributed by atoms with Gasteiger partial charge in [0.05, 0.1) is 0 Å². The Labute approximate surface area is 37.2 Å². The molecule has 1 radical (unpaired) electrons. The van der Waals surface area contributed by atoms with Crippen LogP contribution in [-0.4, -0.2) is 6.54 Å². The van der Waals surface area contributed by atoms with E-state index in [1.165, 1.54) is 0 Å². The molecule has 2 nitrogen and oxygen atoms in total. The maximum absolute atomic E-state index is 3.01. The average molecular weight is 83.1 g/mol. The molecule has 0 aromatic heterocycles. The van der Waals surface area contributed by atoms with Crippen LogP contribution in [0.15, 0.2) is 5.70 Å². The van der Waals surface area contributed by atoms with Crippen molar-refractivity contribution in [3.05, 3.63) is 11.8 Å². The van der Waals surface area contributed by atoms with Gasteiger partial charge >= 0.3 is 0 Å². The summed E-state index contributed by atoms with van der Waals surface area (Å²) < 4.78 is 0. The van der Waals surface area contributed by atoms with Gasteiger partial charge in [0.1, 0.15) is 0 Å². The number of allylic oxidation sites excluding steroid dienone is 1. The highest BCUT2D eigenvalue weighted by atomic mass is 15.4. The summed E-state index contributed by atoms with van der Waals surface area (Å²) in [5, 5.41) is 0. The van der Waals surface area contributed by atoms with Crippen molar-refractivity contribution in [1.82, 2.24) is 10.9 Å². The van der Waals surface area contributed by atoms with Gasteiger partial charge in [-0.2, -0.15) is 0 Å². The van der Waals surface area contributed by atoms with Crippen molar-refractivity contribution in [2.24, 2.45) is 0 Å². The van der Waals surface area contributed by atoms with Crippen molar-refractivity contribution in [2.75, 3.05) is 6.54 Å². The molecular weight excluding hydrogens is 76.1 g/mol. The summed E-state index contributed by atoms with van der Waals surface area (Å²) in [5.41, 5.74) is 6.84. The van der Waals surface area contributed by atoms with Gasteiger partial charge in [0.25, 0.3) is 0 Å². The Bertz CT molecular complexity index is 75.6. The third-order valence-corrected chi connectivity index (χ3v) is 0.718. The molecule has 33 valence electrons. The summed E-state index contributed by atoms with van der Waals surface area (Å²) in [6.45, 7) is 2.81. The molecular formula is C4H7N2. The first-order chi connectivity index (χ1) is 2.89. The van der Waals surface area contributed by atoms with Gasteiger partial charge in [0.2, 0.25) is 0 Å². The van der Waals surface area contributed by atoms with Gasteiger partial charge < -0.3 is 5.43 Å². The first-order valence-electron chi connectivity index (χ1n) is 1.96. The molecule has 2 heteroatoms. The van der Waals surface area contributed by atoms with Gasteiger partial charge in [-0.15, -0.1) is 0 Å². The van der Waals surface area contributed by atoms with Crippen LogP contribution in [0.5, 0.6) is 0 Å². The fourth-order valence-electron chi connectivity index (χ4n) is 0.398. The molecule has 0 fully saturated rings. The average Bonchev–Trinajstić information content (AvgIpc) is 1.86. The van der Waals surface area contributed by atoms with Gasteiger partial charge in [-0.05, 0) is 13.0 Å². The number of hydrazine groups is 1. The van der Waals surface area contributed by atoms with E-state index < -0.39 is 0 Å². The van der Waals surface area contributed by atoms with Gasteiger partial charge in [0, 0.05) is 12.2 Å². The molecule has 0 aliphatic carbocycles. The summed E-state index contributed by atoms with van der Waals surface area (Å²) in [6, 6.07) is 0. The Morgan fingerprint density at radius 2 is 2.67 bits per heavy atom. The summed E-state index contributed by atoms with van der Waals surface area (Å²) in [5.74, 6) is 0. The highest BCUT2D eigenvalue weighted by Gasteiger charge is 1.91. The summed E-state index contributed by atoms with van der Waals surface area (Å²) in [7, 11) is 0. The van der Waals surface area contributed by atoms with E-state index in [1.54, 1.807) is 0 Å². The van der Waals surface area contributed by atoms with Gasteiger partial charge in [0.15, 0.2) is 0 Å². The maximum atomic E-state index is 3.01. The third kappa shape index (κ3) is 0.518. The molecule has 6 heavy (non-hydrogen) atoms. The first-order valence-corrected chi connectivity index (χ1v) is 1.96. The second kappa shape index (κ2) is 1.30. The normalized spacial score (nSPS) is 19.8. The fraction of sp³-hybridized carbons (Fsp3) is 0.500. The van der Waals surface area contributed by atoms with Crippen LogP contribution < -0.4 is 10.9 Å². The second-order valence-electron chi connectivity index (χ2n) is 1.28. The monoisotopic (exact) mass is 83.1 g/mol. The lowest BCUT2D eigenvalue weighted by molar-refractivity contribution is 0.699. The first kappa shape index (κ1) is 3.68. The molecule has 1 rings (SSSR count). The number of hydrogen-bond acceptors (Lipinski definition) is 2. The van der Waals surface area contributed by atoms with E-state index in [9.17, 15) is 0 Å². The second-order valence-corrected chi connectivity index (χ2v) is 1.28. The Kier molecular flexibility index (Phi) is 0.801.